The average molecular weight is 301 g/mol. The SMILES string of the molecule is CC[C@@H](Oc1cccc(C)c1)C(=O)NCCCn1ccnc1. The summed E-state index contributed by atoms with van der Waals surface area (Å²) in [7, 11) is 0. The van der Waals surface area contributed by atoms with Gasteiger partial charge in [0.15, 0.2) is 6.10 Å². The molecule has 0 spiro atoms. The Labute approximate surface area is 131 Å². The second-order valence-electron chi connectivity index (χ2n) is 5.28. The molecule has 0 aliphatic heterocycles. The molecule has 22 heavy (non-hydrogen) atoms. The summed E-state index contributed by atoms with van der Waals surface area (Å²) in [5.41, 5.74) is 1.12. The first-order valence-corrected chi connectivity index (χ1v) is 7.66. The summed E-state index contributed by atoms with van der Waals surface area (Å²) in [4.78, 5) is 16.2. The minimum absolute atomic E-state index is 0.0605. The number of imidazole rings is 1. The van der Waals surface area contributed by atoms with Crippen LogP contribution < -0.4 is 10.1 Å². The minimum atomic E-state index is -0.449. The number of hydrogen-bond acceptors (Lipinski definition) is 3. The Hall–Kier alpha value is -2.30. The van der Waals surface area contributed by atoms with Crippen molar-refractivity contribution in [2.75, 3.05) is 6.54 Å². The van der Waals surface area contributed by atoms with E-state index >= 15 is 0 Å². The number of amides is 1. The molecule has 0 saturated heterocycles. The zero-order valence-corrected chi connectivity index (χ0v) is 13.2. The van der Waals surface area contributed by atoms with E-state index in [1.165, 1.54) is 0 Å². The summed E-state index contributed by atoms with van der Waals surface area (Å²) in [6, 6.07) is 7.75. The summed E-state index contributed by atoms with van der Waals surface area (Å²) in [6.07, 6.45) is 6.50. The molecule has 1 atom stereocenters. The van der Waals surface area contributed by atoms with Gasteiger partial charge < -0.3 is 14.6 Å². The van der Waals surface area contributed by atoms with Gasteiger partial charge in [-0.25, -0.2) is 4.98 Å². The fourth-order valence-corrected chi connectivity index (χ4v) is 2.18. The minimum Gasteiger partial charge on any atom is -0.481 e. The summed E-state index contributed by atoms with van der Waals surface area (Å²) in [5, 5.41) is 2.93. The number of ether oxygens (including phenoxy) is 1. The van der Waals surface area contributed by atoms with Gasteiger partial charge in [-0.15, -0.1) is 0 Å². The van der Waals surface area contributed by atoms with E-state index in [9.17, 15) is 4.79 Å². The van der Waals surface area contributed by atoms with E-state index in [1.807, 2.05) is 48.9 Å². The van der Waals surface area contributed by atoms with E-state index in [0.29, 0.717) is 13.0 Å². The Morgan fingerprint density at radius 2 is 2.32 bits per heavy atom. The molecule has 0 aliphatic rings. The van der Waals surface area contributed by atoms with Crippen molar-refractivity contribution >= 4 is 5.91 Å². The quantitative estimate of drug-likeness (QED) is 0.762. The molecule has 2 aromatic rings. The molecule has 0 aliphatic carbocycles. The topological polar surface area (TPSA) is 56.1 Å². The predicted octanol–water partition coefficient (Wildman–Crippen LogP) is 2.56. The molecule has 0 fully saturated rings. The molecule has 5 heteroatoms. The predicted molar refractivity (Wildman–Crippen MR) is 85.7 cm³/mol. The number of aromatic nitrogens is 2. The molecule has 1 amide bonds. The number of rotatable bonds is 8. The average Bonchev–Trinajstić information content (AvgIpc) is 3.02. The van der Waals surface area contributed by atoms with Gasteiger partial charge in [-0.3, -0.25) is 4.79 Å². The normalized spacial score (nSPS) is 11.9. The van der Waals surface area contributed by atoms with Crippen molar-refractivity contribution in [3.8, 4) is 5.75 Å². The molecule has 1 aromatic carbocycles. The van der Waals surface area contributed by atoms with Crippen molar-refractivity contribution in [3.05, 3.63) is 48.5 Å². The molecule has 118 valence electrons. The van der Waals surface area contributed by atoms with Crippen molar-refractivity contribution in [3.63, 3.8) is 0 Å². The molecule has 0 saturated carbocycles. The zero-order valence-electron chi connectivity index (χ0n) is 13.2. The lowest BCUT2D eigenvalue weighted by atomic mass is 10.2. The standard InChI is InChI=1S/C17H23N3O2/c1-3-16(22-15-7-4-6-14(2)12-15)17(21)19-8-5-10-20-11-9-18-13-20/h4,6-7,9,11-13,16H,3,5,8,10H2,1-2H3,(H,19,21)/t16-/m1/s1. The van der Waals surface area contributed by atoms with Gasteiger partial charge in [0, 0.05) is 25.5 Å². The number of nitrogens with zero attached hydrogens (tertiary/aromatic N) is 2. The highest BCUT2D eigenvalue weighted by Crippen LogP contribution is 2.15. The first-order valence-electron chi connectivity index (χ1n) is 7.66. The highest BCUT2D eigenvalue weighted by Gasteiger charge is 2.17. The summed E-state index contributed by atoms with van der Waals surface area (Å²) in [5.74, 6) is 0.676. The molecule has 0 radical (unpaired) electrons. The number of carbonyl (C=O) groups is 1. The Kier molecular flexibility index (Phi) is 6.01. The van der Waals surface area contributed by atoms with Gasteiger partial charge in [0.2, 0.25) is 0 Å². The maximum Gasteiger partial charge on any atom is 0.261 e. The Morgan fingerprint density at radius 3 is 3.00 bits per heavy atom. The zero-order chi connectivity index (χ0) is 15.8. The van der Waals surface area contributed by atoms with Gasteiger partial charge in [-0.05, 0) is 37.5 Å². The number of nitrogens with one attached hydrogen (secondary N) is 1. The lowest BCUT2D eigenvalue weighted by Crippen LogP contribution is -2.38. The van der Waals surface area contributed by atoms with E-state index < -0.39 is 6.10 Å². The van der Waals surface area contributed by atoms with Crippen LogP contribution in [0.5, 0.6) is 5.75 Å². The van der Waals surface area contributed by atoms with Gasteiger partial charge >= 0.3 is 0 Å². The molecule has 0 bridgehead atoms. The van der Waals surface area contributed by atoms with E-state index in [2.05, 4.69) is 10.3 Å². The third-order valence-electron chi connectivity index (χ3n) is 3.38. The Balaban J connectivity index is 1.76. The van der Waals surface area contributed by atoms with E-state index in [4.69, 9.17) is 4.74 Å². The van der Waals surface area contributed by atoms with Crippen LogP contribution in [0.3, 0.4) is 0 Å². The monoisotopic (exact) mass is 301 g/mol. The van der Waals surface area contributed by atoms with Crippen molar-refractivity contribution in [2.24, 2.45) is 0 Å². The van der Waals surface area contributed by atoms with Crippen LogP contribution in [0, 0.1) is 6.92 Å². The van der Waals surface area contributed by atoms with Gasteiger partial charge in [-0.1, -0.05) is 19.1 Å². The number of carbonyl (C=O) groups excluding carboxylic acids is 1. The number of hydrogen-bond donors (Lipinski definition) is 1. The smallest absolute Gasteiger partial charge is 0.261 e. The second kappa shape index (κ2) is 8.22. The largest absolute Gasteiger partial charge is 0.481 e. The molecule has 1 N–H and O–H groups in total. The number of benzene rings is 1. The Morgan fingerprint density at radius 1 is 1.45 bits per heavy atom. The van der Waals surface area contributed by atoms with Crippen LogP contribution in [0.25, 0.3) is 0 Å². The summed E-state index contributed by atoms with van der Waals surface area (Å²) in [6.45, 7) is 5.43. The molecule has 5 nitrogen and oxygen atoms in total. The Bertz CT molecular complexity index is 581. The van der Waals surface area contributed by atoms with E-state index in [-0.39, 0.29) is 5.91 Å². The third kappa shape index (κ3) is 4.91. The molecule has 1 heterocycles. The highest BCUT2D eigenvalue weighted by molar-refractivity contribution is 5.81. The fourth-order valence-electron chi connectivity index (χ4n) is 2.18. The van der Waals surface area contributed by atoms with Crippen LogP contribution in [0.2, 0.25) is 0 Å². The van der Waals surface area contributed by atoms with E-state index in [0.717, 1.165) is 24.3 Å². The lowest BCUT2D eigenvalue weighted by Gasteiger charge is -2.17. The van der Waals surface area contributed by atoms with Crippen molar-refractivity contribution in [2.45, 2.75) is 39.3 Å². The molecule has 1 aromatic heterocycles. The highest BCUT2D eigenvalue weighted by atomic mass is 16.5. The summed E-state index contributed by atoms with van der Waals surface area (Å²) >= 11 is 0. The molecular formula is C17H23N3O2. The molecular weight excluding hydrogens is 278 g/mol. The van der Waals surface area contributed by atoms with Crippen molar-refractivity contribution in [1.82, 2.24) is 14.9 Å². The number of aryl methyl sites for hydroxylation is 2. The van der Waals surface area contributed by atoms with E-state index in [1.54, 1.807) is 12.5 Å². The second-order valence-corrected chi connectivity index (χ2v) is 5.28. The van der Waals surface area contributed by atoms with Crippen LogP contribution in [-0.2, 0) is 11.3 Å². The maximum absolute atomic E-state index is 12.2. The first-order chi connectivity index (χ1) is 10.7. The first kappa shape index (κ1) is 16.1. The van der Waals surface area contributed by atoms with Crippen molar-refractivity contribution < 1.29 is 9.53 Å². The van der Waals surface area contributed by atoms with Crippen LogP contribution in [0.4, 0.5) is 0 Å². The van der Waals surface area contributed by atoms with Gasteiger partial charge in [0.05, 0.1) is 6.33 Å². The summed E-state index contributed by atoms with van der Waals surface area (Å²) < 4.78 is 7.77. The molecule has 2 rings (SSSR count). The van der Waals surface area contributed by atoms with Crippen LogP contribution in [0.1, 0.15) is 25.3 Å². The van der Waals surface area contributed by atoms with Crippen LogP contribution in [-0.4, -0.2) is 28.1 Å². The van der Waals surface area contributed by atoms with Gasteiger partial charge in [-0.2, -0.15) is 0 Å². The molecule has 0 unspecified atom stereocenters. The third-order valence-corrected chi connectivity index (χ3v) is 3.38. The maximum atomic E-state index is 12.2. The van der Waals surface area contributed by atoms with Crippen LogP contribution >= 0.6 is 0 Å². The van der Waals surface area contributed by atoms with Crippen molar-refractivity contribution in [1.29, 1.82) is 0 Å². The lowest BCUT2D eigenvalue weighted by molar-refractivity contribution is -0.128. The van der Waals surface area contributed by atoms with Gasteiger partial charge in [0.25, 0.3) is 5.91 Å². The van der Waals surface area contributed by atoms with Crippen LogP contribution in [0.15, 0.2) is 43.0 Å². The fraction of sp³-hybridized carbons (Fsp3) is 0.412. The van der Waals surface area contributed by atoms with Gasteiger partial charge in [0.1, 0.15) is 5.75 Å².